The Morgan fingerprint density at radius 3 is 2.59 bits per heavy atom. The SMILES string of the molecule is O=C(Cc1ccc2c(c1)OCO2)N1CCc2c(cc(-c3ccccc3F)c(=O)n2Cc2ccncc2)C1. The molecule has 37 heavy (non-hydrogen) atoms. The van der Waals surface area contributed by atoms with E-state index in [9.17, 15) is 14.0 Å². The summed E-state index contributed by atoms with van der Waals surface area (Å²) in [6, 6.07) is 17.3. The molecule has 0 N–H and O–H groups in total. The van der Waals surface area contributed by atoms with E-state index in [2.05, 4.69) is 4.98 Å². The minimum Gasteiger partial charge on any atom is -0.454 e. The van der Waals surface area contributed by atoms with Gasteiger partial charge in [-0.15, -0.1) is 0 Å². The lowest BCUT2D eigenvalue weighted by atomic mass is 9.98. The number of hydrogen-bond acceptors (Lipinski definition) is 5. The Bertz CT molecular complexity index is 1550. The molecule has 0 atom stereocenters. The van der Waals surface area contributed by atoms with Crippen LogP contribution in [0.1, 0.15) is 22.4 Å². The summed E-state index contributed by atoms with van der Waals surface area (Å²) in [6.45, 7) is 1.36. The minimum atomic E-state index is -0.457. The van der Waals surface area contributed by atoms with Crippen LogP contribution in [0.3, 0.4) is 0 Å². The second kappa shape index (κ2) is 9.54. The summed E-state index contributed by atoms with van der Waals surface area (Å²) in [5.74, 6) is 0.838. The number of amides is 1. The minimum absolute atomic E-state index is 0.0242. The first-order valence-electron chi connectivity index (χ1n) is 12.1. The molecular weight excluding hydrogens is 473 g/mol. The van der Waals surface area contributed by atoms with Gasteiger partial charge in [-0.2, -0.15) is 0 Å². The lowest BCUT2D eigenvalue weighted by Crippen LogP contribution is -2.40. The molecule has 7 nitrogen and oxygen atoms in total. The van der Waals surface area contributed by atoms with Gasteiger partial charge >= 0.3 is 0 Å². The van der Waals surface area contributed by atoms with Crippen LogP contribution in [-0.4, -0.2) is 33.7 Å². The van der Waals surface area contributed by atoms with E-state index in [1.165, 1.54) is 6.07 Å². The largest absolute Gasteiger partial charge is 0.454 e. The Morgan fingerprint density at radius 2 is 1.76 bits per heavy atom. The number of benzene rings is 2. The first kappa shape index (κ1) is 23.0. The molecule has 4 heterocycles. The average Bonchev–Trinajstić information content (AvgIpc) is 3.39. The van der Waals surface area contributed by atoms with Gasteiger partial charge in [0, 0.05) is 43.2 Å². The van der Waals surface area contributed by atoms with E-state index < -0.39 is 5.82 Å². The number of aromatic nitrogens is 2. The van der Waals surface area contributed by atoms with Gasteiger partial charge in [-0.05, 0) is 53.1 Å². The van der Waals surface area contributed by atoms with Gasteiger partial charge in [0.05, 0.1) is 18.5 Å². The zero-order chi connectivity index (χ0) is 25.4. The van der Waals surface area contributed by atoms with Crippen LogP contribution in [0.5, 0.6) is 11.5 Å². The molecule has 0 unspecified atom stereocenters. The number of carbonyl (C=O) groups excluding carboxylic acids is 1. The van der Waals surface area contributed by atoms with Crippen molar-refractivity contribution in [1.29, 1.82) is 0 Å². The molecule has 0 aliphatic carbocycles. The van der Waals surface area contributed by atoms with E-state index in [1.807, 2.05) is 30.3 Å². The topological polar surface area (TPSA) is 73.7 Å². The summed E-state index contributed by atoms with van der Waals surface area (Å²) in [4.78, 5) is 32.7. The molecule has 8 heteroatoms. The predicted octanol–water partition coefficient (Wildman–Crippen LogP) is 3.95. The van der Waals surface area contributed by atoms with Crippen molar-refractivity contribution in [3.8, 4) is 22.6 Å². The molecule has 2 aromatic heterocycles. The summed E-state index contributed by atoms with van der Waals surface area (Å²) >= 11 is 0. The second-order valence-corrected chi connectivity index (χ2v) is 9.19. The van der Waals surface area contributed by atoms with Crippen molar-refractivity contribution in [1.82, 2.24) is 14.5 Å². The number of halogens is 1. The number of ether oxygens (including phenoxy) is 2. The lowest BCUT2D eigenvalue weighted by molar-refractivity contribution is -0.131. The Labute approximate surface area is 212 Å². The summed E-state index contributed by atoms with van der Waals surface area (Å²) in [5, 5.41) is 0. The normalized spacial score (nSPS) is 13.9. The fraction of sp³-hybridized carbons (Fsp3) is 0.207. The van der Waals surface area contributed by atoms with Gasteiger partial charge in [0.1, 0.15) is 5.82 Å². The number of fused-ring (bicyclic) bond motifs is 2. The summed E-state index contributed by atoms with van der Waals surface area (Å²) in [7, 11) is 0. The van der Waals surface area contributed by atoms with Crippen molar-refractivity contribution in [2.45, 2.75) is 25.9 Å². The van der Waals surface area contributed by atoms with Crippen molar-refractivity contribution in [2.75, 3.05) is 13.3 Å². The smallest absolute Gasteiger partial charge is 0.259 e. The van der Waals surface area contributed by atoms with E-state index in [-0.39, 0.29) is 35.8 Å². The van der Waals surface area contributed by atoms with Crippen LogP contribution >= 0.6 is 0 Å². The fourth-order valence-corrected chi connectivity index (χ4v) is 4.98. The highest BCUT2D eigenvalue weighted by Crippen LogP contribution is 2.33. The maximum atomic E-state index is 14.7. The van der Waals surface area contributed by atoms with Gasteiger partial charge in [-0.1, -0.05) is 24.3 Å². The number of pyridine rings is 2. The van der Waals surface area contributed by atoms with Crippen LogP contribution < -0.4 is 15.0 Å². The van der Waals surface area contributed by atoms with Crippen molar-refractivity contribution in [3.63, 3.8) is 0 Å². The van der Waals surface area contributed by atoms with Gasteiger partial charge in [0.15, 0.2) is 11.5 Å². The van der Waals surface area contributed by atoms with E-state index >= 15 is 0 Å². The Hall–Kier alpha value is -4.46. The van der Waals surface area contributed by atoms with E-state index in [0.717, 1.165) is 22.4 Å². The molecule has 2 aliphatic heterocycles. The summed E-state index contributed by atoms with van der Waals surface area (Å²) < 4.78 is 27.3. The monoisotopic (exact) mass is 497 g/mol. The third-order valence-corrected chi connectivity index (χ3v) is 6.87. The molecule has 0 saturated carbocycles. The molecule has 4 aromatic rings. The lowest BCUT2D eigenvalue weighted by Gasteiger charge is -2.31. The molecule has 6 rings (SSSR count). The molecule has 0 saturated heterocycles. The van der Waals surface area contributed by atoms with Crippen LogP contribution in [0.2, 0.25) is 0 Å². The molecule has 2 aliphatic rings. The van der Waals surface area contributed by atoms with Gasteiger partial charge in [0.25, 0.3) is 5.56 Å². The maximum Gasteiger partial charge on any atom is 0.259 e. The predicted molar refractivity (Wildman–Crippen MR) is 135 cm³/mol. The first-order valence-corrected chi connectivity index (χ1v) is 12.1. The third kappa shape index (κ3) is 4.46. The molecule has 186 valence electrons. The number of carbonyl (C=O) groups is 1. The first-order chi connectivity index (χ1) is 18.1. The Morgan fingerprint density at radius 1 is 0.946 bits per heavy atom. The molecule has 2 aromatic carbocycles. The van der Waals surface area contributed by atoms with Gasteiger partial charge < -0.3 is 18.9 Å². The number of hydrogen-bond donors (Lipinski definition) is 0. The summed E-state index contributed by atoms with van der Waals surface area (Å²) in [5.41, 5.74) is 3.77. The van der Waals surface area contributed by atoms with Gasteiger partial charge in [0.2, 0.25) is 12.7 Å². The molecule has 0 bridgehead atoms. The highest BCUT2D eigenvalue weighted by molar-refractivity contribution is 5.79. The molecule has 0 spiro atoms. The van der Waals surface area contributed by atoms with Crippen LogP contribution in [0.15, 0.2) is 77.9 Å². The average molecular weight is 498 g/mol. The van der Waals surface area contributed by atoms with Crippen molar-refractivity contribution in [3.05, 3.63) is 112 Å². The number of nitrogens with zero attached hydrogens (tertiary/aromatic N) is 3. The van der Waals surface area contributed by atoms with Gasteiger partial charge in [-0.3, -0.25) is 14.6 Å². The molecular formula is C29H24FN3O4. The third-order valence-electron chi connectivity index (χ3n) is 6.87. The highest BCUT2D eigenvalue weighted by atomic mass is 19.1. The van der Waals surface area contributed by atoms with E-state index in [0.29, 0.717) is 37.6 Å². The van der Waals surface area contributed by atoms with Crippen LogP contribution in [0.4, 0.5) is 4.39 Å². The fourth-order valence-electron chi connectivity index (χ4n) is 4.98. The number of rotatable bonds is 5. The van der Waals surface area contributed by atoms with Crippen LogP contribution in [0.25, 0.3) is 11.1 Å². The maximum absolute atomic E-state index is 14.7. The highest BCUT2D eigenvalue weighted by Gasteiger charge is 2.26. The van der Waals surface area contributed by atoms with Crippen LogP contribution in [0, 0.1) is 5.82 Å². The van der Waals surface area contributed by atoms with Gasteiger partial charge in [-0.25, -0.2) is 4.39 Å². The summed E-state index contributed by atoms with van der Waals surface area (Å²) in [6.07, 6.45) is 4.12. The Kier molecular flexibility index (Phi) is 5.92. The van der Waals surface area contributed by atoms with Crippen molar-refractivity contribution in [2.24, 2.45) is 0 Å². The Balaban J connectivity index is 1.34. The van der Waals surface area contributed by atoms with E-state index in [1.54, 1.807) is 46.1 Å². The van der Waals surface area contributed by atoms with E-state index in [4.69, 9.17) is 9.47 Å². The quantitative estimate of drug-likeness (QED) is 0.418. The van der Waals surface area contributed by atoms with Crippen molar-refractivity contribution >= 4 is 5.91 Å². The molecule has 1 amide bonds. The zero-order valence-electron chi connectivity index (χ0n) is 20.0. The molecule has 0 radical (unpaired) electrons. The van der Waals surface area contributed by atoms with Crippen molar-refractivity contribution < 1.29 is 18.7 Å². The second-order valence-electron chi connectivity index (χ2n) is 9.19. The zero-order valence-corrected chi connectivity index (χ0v) is 20.0. The molecule has 0 fully saturated rings. The van der Waals surface area contributed by atoms with Crippen LogP contribution in [-0.2, 0) is 30.7 Å². The standard InChI is InChI=1S/C29H24FN3O4/c30-24-4-2-1-3-22(24)23-15-21-17-32(28(34)14-20-5-6-26-27(13-20)37-18-36-26)12-9-25(21)33(29(23)35)16-19-7-10-31-11-8-19/h1-8,10-11,13,15H,9,12,14,16-18H2.